The zero-order chi connectivity index (χ0) is 13.3. The zero-order valence-electron chi connectivity index (χ0n) is 11.7. The first-order valence-corrected chi connectivity index (χ1v) is 7.16. The van der Waals surface area contributed by atoms with E-state index in [1.165, 1.54) is 36.8 Å². The third kappa shape index (κ3) is 4.78. The molecule has 2 rings (SSSR count). The van der Waals surface area contributed by atoms with Gasteiger partial charge in [0.25, 0.3) is 0 Å². The molecule has 0 bridgehead atoms. The predicted octanol–water partition coefficient (Wildman–Crippen LogP) is 4.83. The number of aryl methyl sites for hydroxylation is 1. The predicted molar refractivity (Wildman–Crippen MR) is 82.3 cm³/mol. The molecule has 0 amide bonds. The van der Waals surface area contributed by atoms with Crippen molar-refractivity contribution in [2.24, 2.45) is 0 Å². The summed E-state index contributed by atoms with van der Waals surface area (Å²) in [4.78, 5) is 0. The molecule has 0 aromatic heterocycles. The lowest BCUT2D eigenvalue weighted by atomic mass is 10.1. The molecular formula is C18H22N. The van der Waals surface area contributed by atoms with Gasteiger partial charge in [0.1, 0.15) is 0 Å². The normalized spacial score (nSPS) is 10.4. The molecule has 0 aliphatic carbocycles. The first-order chi connectivity index (χ1) is 9.38. The van der Waals surface area contributed by atoms with Crippen LogP contribution in [0.5, 0.6) is 0 Å². The van der Waals surface area contributed by atoms with E-state index in [-0.39, 0.29) is 0 Å². The molecule has 0 unspecified atom stereocenters. The Hall–Kier alpha value is -1.76. The van der Waals surface area contributed by atoms with Crippen LogP contribution in [0, 0.1) is 6.07 Å². The summed E-state index contributed by atoms with van der Waals surface area (Å²) in [6.45, 7) is 3.12. The molecule has 0 spiro atoms. The molecule has 0 saturated carbocycles. The van der Waals surface area contributed by atoms with Crippen LogP contribution in [-0.4, -0.2) is 0 Å². The lowest BCUT2D eigenvalue weighted by Crippen LogP contribution is -1.99. The Labute approximate surface area is 116 Å². The van der Waals surface area contributed by atoms with Crippen LogP contribution in [0.1, 0.15) is 37.3 Å². The molecule has 0 saturated heterocycles. The van der Waals surface area contributed by atoms with Crippen molar-refractivity contribution in [3.8, 4) is 0 Å². The molecule has 99 valence electrons. The number of unbranched alkanes of at least 4 members (excludes halogenated alkanes) is 2. The standard InChI is InChI=1S/C18H22N/c1-2-3-5-8-16-11-13-17(14-12-16)15-19-18-9-6-4-7-10-18/h6-7,9-14,19H,2-3,5,8,15H2,1H3. The summed E-state index contributed by atoms with van der Waals surface area (Å²) in [5, 5.41) is 3.41. The molecule has 0 aliphatic rings. The van der Waals surface area contributed by atoms with Crippen LogP contribution in [0.2, 0.25) is 0 Å². The lowest BCUT2D eigenvalue weighted by molar-refractivity contribution is 0.717. The molecule has 0 aliphatic heterocycles. The minimum atomic E-state index is 0.874. The van der Waals surface area contributed by atoms with Crippen molar-refractivity contribution in [1.29, 1.82) is 0 Å². The minimum absolute atomic E-state index is 0.874. The second-order valence-corrected chi connectivity index (χ2v) is 4.92. The monoisotopic (exact) mass is 252 g/mol. The van der Waals surface area contributed by atoms with Gasteiger partial charge >= 0.3 is 0 Å². The highest BCUT2D eigenvalue weighted by Gasteiger charge is 1.96. The van der Waals surface area contributed by atoms with Crippen molar-refractivity contribution < 1.29 is 0 Å². The van der Waals surface area contributed by atoms with Crippen molar-refractivity contribution in [2.75, 3.05) is 5.32 Å². The maximum Gasteiger partial charge on any atom is 0.0400 e. The van der Waals surface area contributed by atoms with E-state index in [0.717, 1.165) is 12.2 Å². The molecule has 0 atom stereocenters. The average molecular weight is 252 g/mol. The quantitative estimate of drug-likeness (QED) is 0.696. The van der Waals surface area contributed by atoms with Crippen molar-refractivity contribution in [3.05, 3.63) is 65.7 Å². The van der Waals surface area contributed by atoms with Gasteiger partial charge in [-0.1, -0.05) is 56.2 Å². The van der Waals surface area contributed by atoms with Gasteiger partial charge in [0, 0.05) is 12.2 Å². The molecule has 2 aromatic carbocycles. The largest absolute Gasteiger partial charge is 0.381 e. The van der Waals surface area contributed by atoms with Crippen LogP contribution in [0.4, 0.5) is 5.69 Å². The Balaban J connectivity index is 1.81. The SMILES string of the molecule is CCCCCc1ccc(CNc2cc[c]cc2)cc1. The van der Waals surface area contributed by atoms with Gasteiger partial charge in [0.2, 0.25) is 0 Å². The fourth-order valence-electron chi connectivity index (χ4n) is 2.11. The number of rotatable bonds is 7. The van der Waals surface area contributed by atoms with Gasteiger partial charge in [0.15, 0.2) is 0 Å². The highest BCUT2D eigenvalue weighted by molar-refractivity contribution is 5.43. The molecule has 0 heterocycles. The number of nitrogens with one attached hydrogen (secondary N) is 1. The summed E-state index contributed by atoms with van der Waals surface area (Å²) in [6, 6.07) is 19.9. The van der Waals surface area contributed by atoms with Gasteiger partial charge in [-0.2, -0.15) is 0 Å². The smallest absolute Gasteiger partial charge is 0.0400 e. The van der Waals surface area contributed by atoms with Gasteiger partial charge in [-0.25, -0.2) is 0 Å². The van der Waals surface area contributed by atoms with Gasteiger partial charge in [-0.3, -0.25) is 0 Å². The Morgan fingerprint density at radius 2 is 1.58 bits per heavy atom. The van der Waals surface area contributed by atoms with E-state index in [9.17, 15) is 0 Å². The molecule has 1 nitrogen and oxygen atoms in total. The third-order valence-corrected chi connectivity index (χ3v) is 3.31. The Kier molecular flexibility index (Phi) is 5.49. The highest BCUT2D eigenvalue weighted by atomic mass is 14.9. The second-order valence-electron chi connectivity index (χ2n) is 4.92. The van der Waals surface area contributed by atoms with Crippen LogP contribution >= 0.6 is 0 Å². The maximum absolute atomic E-state index is 3.41. The van der Waals surface area contributed by atoms with Crippen LogP contribution in [0.15, 0.2) is 48.5 Å². The van der Waals surface area contributed by atoms with E-state index < -0.39 is 0 Å². The molecule has 1 N–H and O–H groups in total. The van der Waals surface area contributed by atoms with Crippen molar-refractivity contribution in [1.82, 2.24) is 0 Å². The van der Waals surface area contributed by atoms with Crippen LogP contribution in [-0.2, 0) is 13.0 Å². The molecule has 2 aromatic rings. The molecule has 19 heavy (non-hydrogen) atoms. The van der Waals surface area contributed by atoms with E-state index in [1.807, 2.05) is 24.3 Å². The van der Waals surface area contributed by atoms with Gasteiger partial charge in [-0.15, -0.1) is 0 Å². The topological polar surface area (TPSA) is 12.0 Å². The van der Waals surface area contributed by atoms with Gasteiger partial charge < -0.3 is 5.32 Å². The Morgan fingerprint density at radius 3 is 2.26 bits per heavy atom. The summed E-state index contributed by atoms with van der Waals surface area (Å²) in [5.41, 5.74) is 3.92. The van der Waals surface area contributed by atoms with Crippen molar-refractivity contribution in [2.45, 2.75) is 39.2 Å². The van der Waals surface area contributed by atoms with E-state index in [0.29, 0.717) is 0 Å². The summed E-state index contributed by atoms with van der Waals surface area (Å²) in [6.07, 6.45) is 5.12. The molecule has 0 fully saturated rings. The van der Waals surface area contributed by atoms with Gasteiger partial charge in [-0.05, 0) is 42.2 Å². The summed E-state index contributed by atoms with van der Waals surface area (Å²) >= 11 is 0. The number of hydrogen-bond donors (Lipinski definition) is 1. The fraction of sp³-hybridized carbons (Fsp3) is 0.333. The fourth-order valence-corrected chi connectivity index (χ4v) is 2.11. The van der Waals surface area contributed by atoms with Crippen LogP contribution < -0.4 is 5.32 Å². The highest BCUT2D eigenvalue weighted by Crippen LogP contribution is 2.11. The second kappa shape index (κ2) is 7.63. The number of anilines is 1. The average Bonchev–Trinajstić information content (AvgIpc) is 2.48. The van der Waals surface area contributed by atoms with Crippen molar-refractivity contribution >= 4 is 5.69 Å². The Morgan fingerprint density at radius 1 is 0.895 bits per heavy atom. The maximum atomic E-state index is 3.41. The molecule has 1 heteroatoms. The Bertz CT molecular complexity index is 459. The summed E-state index contributed by atoms with van der Waals surface area (Å²) < 4.78 is 0. The zero-order valence-corrected chi connectivity index (χ0v) is 11.7. The lowest BCUT2D eigenvalue weighted by Gasteiger charge is -2.07. The van der Waals surface area contributed by atoms with E-state index in [2.05, 4.69) is 42.6 Å². The summed E-state index contributed by atoms with van der Waals surface area (Å²) in [5.74, 6) is 0. The third-order valence-electron chi connectivity index (χ3n) is 3.31. The number of benzene rings is 2. The van der Waals surface area contributed by atoms with E-state index >= 15 is 0 Å². The molecular weight excluding hydrogens is 230 g/mol. The minimum Gasteiger partial charge on any atom is -0.381 e. The summed E-state index contributed by atoms with van der Waals surface area (Å²) in [7, 11) is 0. The van der Waals surface area contributed by atoms with Gasteiger partial charge in [0.05, 0.1) is 0 Å². The molecule has 1 radical (unpaired) electrons. The van der Waals surface area contributed by atoms with E-state index in [4.69, 9.17) is 0 Å². The number of hydrogen-bond acceptors (Lipinski definition) is 1. The van der Waals surface area contributed by atoms with Crippen LogP contribution in [0.3, 0.4) is 0 Å². The van der Waals surface area contributed by atoms with Crippen LogP contribution in [0.25, 0.3) is 0 Å². The first-order valence-electron chi connectivity index (χ1n) is 7.16. The first kappa shape index (κ1) is 13.7. The van der Waals surface area contributed by atoms with E-state index in [1.54, 1.807) is 0 Å². The van der Waals surface area contributed by atoms with Crippen molar-refractivity contribution in [3.63, 3.8) is 0 Å².